The topological polar surface area (TPSA) is 23.5 Å². The van der Waals surface area contributed by atoms with Crippen LogP contribution in [0.1, 0.15) is 39.5 Å². The average molecular weight is 171 g/mol. The first-order chi connectivity index (χ1) is 5.70. The van der Waals surface area contributed by atoms with Crippen LogP contribution in [0.15, 0.2) is 0 Å². The molecule has 0 spiro atoms. The number of hydrogen-bond acceptors (Lipinski definition) is 2. The highest BCUT2D eigenvalue weighted by atomic mass is 16.3. The van der Waals surface area contributed by atoms with Crippen molar-refractivity contribution in [2.75, 3.05) is 19.6 Å². The van der Waals surface area contributed by atoms with Gasteiger partial charge in [0.2, 0.25) is 0 Å². The number of rotatable bonds is 4. The molecule has 1 aliphatic heterocycles. The van der Waals surface area contributed by atoms with Gasteiger partial charge < -0.3 is 10.0 Å². The standard InChI is InChI=1S/C10H21NO/c1-3-10(12,4-2)9-11-7-5-6-8-11/h12H,3-9H2,1-2H3. The first kappa shape index (κ1) is 10.0. The molecule has 1 fully saturated rings. The minimum absolute atomic E-state index is 0.426. The summed E-state index contributed by atoms with van der Waals surface area (Å²) in [6.07, 6.45) is 4.37. The van der Waals surface area contributed by atoms with Crippen LogP contribution in [0.2, 0.25) is 0 Å². The van der Waals surface area contributed by atoms with Gasteiger partial charge in [0.25, 0.3) is 0 Å². The molecule has 0 aromatic rings. The van der Waals surface area contributed by atoms with Crippen LogP contribution >= 0.6 is 0 Å². The van der Waals surface area contributed by atoms with E-state index in [-0.39, 0.29) is 0 Å². The lowest BCUT2D eigenvalue weighted by molar-refractivity contribution is 0.00248. The quantitative estimate of drug-likeness (QED) is 0.695. The van der Waals surface area contributed by atoms with E-state index in [0.717, 1.165) is 19.4 Å². The summed E-state index contributed by atoms with van der Waals surface area (Å²) in [4.78, 5) is 2.38. The van der Waals surface area contributed by atoms with Gasteiger partial charge in [0.15, 0.2) is 0 Å². The minimum Gasteiger partial charge on any atom is -0.389 e. The van der Waals surface area contributed by atoms with Crippen LogP contribution in [0.25, 0.3) is 0 Å². The molecule has 0 unspecified atom stereocenters. The average Bonchev–Trinajstić information content (AvgIpc) is 2.57. The van der Waals surface area contributed by atoms with Gasteiger partial charge in [0.1, 0.15) is 0 Å². The predicted octanol–water partition coefficient (Wildman–Crippen LogP) is 1.63. The molecule has 1 heterocycles. The van der Waals surface area contributed by atoms with E-state index >= 15 is 0 Å². The van der Waals surface area contributed by atoms with Gasteiger partial charge in [0, 0.05) is 6.54 Å². The highest BCUT2D eigenvalue weighted by molar-refractivity contribution is 4.81. The van der Waals surface area contributed by atoms with Gasteiger partial charge in [-0.25, -0.2) is 0 Å². The molecule has 0 saturated carbocycles. The fraction of sp³-hybridized carbons (Fsp3) is 1.00. The van der Waals surface area contributed by atoms with Crippen molar-refractivity contribution in [3.05, 3.63) is 0 Å². The van der Waals surface area contributed by atoms with E-state index in [1.54, 1.807) is 0 Å². The van der Waals surface area contributed by atoms with Crippen molar-refractivity contribution >= 4 is 0 Å². The molecule has 1 N–H and O–H groups in total. The maximum absolute atomic E-state index is 10.0. The van der Waals surface area contributed by atoms with Crippen LogP contribution in [-0.4, -0.2) is 35.2 Å². The zero-order valence-corrected chi connectivity index (χ0v) is 8.34. The van der Waals surface area contributed by atoms with Crippen molar-refractivity contribution in [2.45, 2.75) is 45.1 Å². The van der Waals surface area contributed by atoms with E-state index in [1.165, 1.54) is 25.9 Å². The van der Waals surface area contributed by atoms with Gasteiger partial charge in [-0.05, 0) is 38.8 Å². The molecule has 0 amide bonds. The number of likely N-dealkylation sites (tertiary alicyclic amines) is 1. The van der Waals surface area contributed by atoms with Crippen LogP contribution in [-0.2, 0) is 0 Å². The Labute approximate surface area is 75.6 Å². The van der Waals surface area contributed by atoms with Gasteiger partial charge >= 0.3 is 0 Å². The Balaban J connectivity index is 2.35. The molecule has 12 heavy (non-hydrogen) atoms. The van der Waals surface area contributed by atoms with Crippen LogP contribution in [0, 0.1) is 0 Å². The molecule has 1 rings (SSSR count). The molecule has 1 saturated heterocycles. The zero-order valence-electron chi connectivity index (χ0n) is 8.34. The Morgan fingerprint density at radius 2 is 1.67 bits per heavy atom. The highest BCUT2D eigenvalue weighted by Gasteiger charge is 2.26. The van der Waals surface area contributed by atoms with Crippen molar-refractivity contribution in [3.63, 3.8) is 0 Å². The lowest BCUT2D eigenvalue weighted by Crippen LogP contribution is -2.40. The molecular weight excluding hydrogens is 150 g/mol. The number of aliphatic hydroxyl groups is 1. The van der Waals surface area contributed by atoms with Gasteiger partial charge in [-0.15, -0.1) is 0 Å². The minimum atomic E-state index is -0.426. The largest absolute Gasteiger partial charge is 0.389 e. The monoisotopic (exact) mass is 171 g/mol. The molecular formula is C10H21NO. The van der Waals surface area contributed by atoms with Crippen LogP contribution in [0.4, 0.5) is 0 Å². The fourth-order valence-corrected chi connectivity index (χ4v) is 1.83. The molecule has 2 heteroatoms. The molecule has 0 radical (unpaired) electrons. The Morgan fingerprint density at radius 3 is 2.08 bits per heavy atom. The van der Waals surface area contributed by atoms with Gasteiger partial charge in [0.05, 0.1) is 5.60 Å². The van der Waals surface area contributed by atoms with Crippen molar-refractivity contribution < 1.29 is 5.11 Å². The third-order valence-corrected chi connectivity index (χ3v) is 3.03. The summed E-state index contributed by atoms with van der Waals surface area (Å²) in [6.45, 7) is 7.38. The van der Waals surface area contributed by atoms with Crippen LogP contribution in [0.3, 0.4) is 0 Å². The molecule has 0 aromatic heterocycles. The summed E-state index contributed by atoms with van der Waals surface area (Å²) < 4.78 is 0. The second-order valence-electron chi connectivity index (χ2n) is 3.91. The molecule has 0 aromatic carbocycles. The first-order valence-corrected chi connectivity index (χ1v) is 5.15. The molecule has 2 nitrogen and oxygen atoms in total. The number of hydrogen-bond donors (Lipinski definition) is 1. The van der Waals surface area contributed by atoms with Crippen molar-refractivity contribution in [1.82, 2.24) is 4.90 Å². The second kappa shape index (κ2) is 4.24. The van der Waals surface area contributed by atoms with Crippen LogP contribution in [0.5, 0.6) is 0 Å². The van der Waals surface area contributed by atoms with E-state index < -0.39 is 5.60 Å². The summed E-state index contributed by atoms with van der Waals surface area (Å²) in [5.41, 5.74) is -0.426. The van der Waals surface area contributed by atoms with Crippen molar-refractivity contribution in [3.8, 4) is 0 Å². The lowest BCUT2D eigenvalue weighted by atomic mass is 9.97. The smallest absolute Gasteiger partial charge is 0.0768 e. The van der Waals surface area contributed by atoms with E-state index in [1.807, 2.05) is 0 Å². The second-order valence-corrected chi connectivity index (χ2v) is 3.91. The normalized spacial score (nSPS) is 20.2. The Hall–Kier alpha value is -0.0800. The summed E-state index contributed by atoms with van der Waals surface area (Å²) in [5.74, 6) is 0. The number of β-amino-alcohol motifs (C(OH)–C–C–N with tert-alkyl or cyclic N) is 1. The predicted molar refractivity (Wildman–Crippen MR) is 51.2 cm³/mol. The summed E-state index contributed by atoms with van der Waals surface area (Å²) >= 11 is 0. The molecule has 1 aliphatic rings. The molecule has 72 valence electrons. The van der Waals surface area contributed by atoms with E-state index in [0.29, 0.717) is 0 Å². The van der Waals surface area contributed by atoms with Crippen LogP contribution < -0.4 is 0 Å². The maximum atomic E-state index is 10.0. The third kappa shape index (κ3) is 2.46. The maximum Gasteiger partial charge on any atom is 0.0768 e. The van der Waals surface area contributed by atoms with Gasteiger partial charge in [-0.1, -0.05) is 13.8 Å². The Kier molecular flexibility index (Phi) is 3.53. The van der Waals surface area contributed by atoms with Gasteiger partial charge in [-0.2, -0.15) is 0 Å². The summed E-state index contributed by atoms with van der Waals surface area (Å²) in [5, 5.41) is 10.0. The van der Waals surface area contributed by atoms with Crippen molar-refractivity contribution in [2.24, 2.45) is 0 Å². The molecule has 0 bridgehead atoms. The van der Waals surface area contributed by atoms with E-state index in [2.05, 4.69) is 18.7 Å². The SMILES string of the molecule is CCC(O)(CC)CN1CCCC1. The highest BCUT2D eigenvalue weighted by Crippen LogP contribution is 2.19. The molecule has 0 aliphatic carbocycles. The first-order valence-electron chi connectivity index (χ1n) is 5.15. The number of nitrogens with zero attached hydrogens (tertiary/aromatic N) is 1. The fourth-order valence-electron chi connectivity index (χ4n) is 1.83. The zero-order chi connectivity index (χ0) is 9.03. The Bertz CT molecular complexity index is 126. The van der Waals surface area contributed by atoms with Crippen molar-refractivity contribution in [1.29, 1.82) is 0 Å². The summed E-state index contributed by atoms with van der Waals surface area (Å²) in [6, 6.07) is 0. The van der Waals surface area contributed by atoms with Gasteiger partial charge in [-0.3, -0.25) is 0 Å². The lowest BCUT2D eigenvalue weighted by Gasteiger charge is -2.30. The third-order valence-electron chi connectivity index (χ3n) is 3.03. The summed E-state index contributed by atoms with van der Waals surface area (Å²) in [7, 11) is 0. The van der Waals surface area contributed by atoms with E-state index in [9.17, 15) is 5.11 Å². The van der Waals surface area contributed by atoms with E-state index in [4.69, 9.17) is 0 Å². The molecule has 0 atom stereocenters. The Morgan fingerprint density at radius 1 is 1.17 bits per heavy atom.